The molecule has 0 aliphatic heterocycles. The van der Waals surface area contributed by atoms with Gasteiger partial charge in [0.25, 0.3) is 0 Å². The van der Waals surface area contributed by atoms with Crippen molar-refractivity contribution in [1.82, 2.24) is 19.9 Å². The highest BCUT2D eigenvalue weighted by Gasteiger charge is 2.19. The number of carbonyl (C=O) groups is 1. The van der Waals surface area contributed by atoms with E-state index >= 15 is 0 Å². The van der Waals surface area contributed by atoms with Crippen molar-refractivity contribution in [3.63, 3.8) is 0 Å². The first-order valence-electron chi connectivity index (χ1n) is 7.42. The van der Waals surface area contributed by atoms with E-state index in [0.29, 0.717) is 6.54 Å². The number of hydrogen-bond acceptors (Lipinski definition) is 6. The number of nitrogens with zero attached hydrogens (tertiary/aromatic N) is 3. The van der Waals surface area contributed by atoms with Crippen LogP contribution in [0, 0.1) is 0 Å². The number of amides is 1. The van der Waals surface area contributed by atoms with Gasteiger partial charge in [0.15, 0.2) is 5.16 Å². The van der Waals surface area contributed by atoms with Gasteiger partial charge >= 0.3 is 0 Å². The van der Waals surface area contributed by atoms with Crippen LogP contribution in [0.5, 0.6) is 0 Å². The molecule has 0 spiro atoms. The maximum Gasteiger partial charge on any atom is 0.233 e. The fraction of sp³-hybridized carbons (Fsp3) is 0.188. The van der Waals surface area contributed by atoms with Gasteiger partial charge in [-0.15, -0.1) is 21.5 Å². The minimum atomic E-state index is -0.240. The number of thiazole rings is 1. The van der Waals surface area contributed by atoms with E-state index < -0.39 is 0 Å². The van der Waals surface area contributed by atoms with Gasteiger partial charge in [-0.05, 0) is 30.5 Å². The maximum absolute atomic E-state index is 12.3. The van der Waals surface area contributed by atoms with Gasteiger partial charge in [-0.3, -0.25) is 9.20 Å². The molecule has 0 fully saturated rings. The fourth-order valence-electron chi connectivity index (χ4n) is 2.37. The molecule has 0 saturated heterocycles. The van der Waals surface area contributed by atoms with Gasteiger partial charge in [-0.1, -0.05) is 41.3 Å². The minimum absolute atomic E-state index is 0.00434. The molecule has 1 atom stereocenters. The Hall–Kier alpha value is -1.90. The van der Waals surface area contributed by atoms with Crippen LogP contribution in [0.25, 0.3) is 15.2 Å². The van der Waals surface area contributed by atoms with Crippen molar-refractivity contribution in [3.8, 4) is 0 Å². The number of thiophene rings is 1. The summed E-state index contributed by atoms with van der Waals surface area (Å²) in [5, 5.41) is 14.0. The van der Waals surface area contributed by atoms with Crippen molar-refractivity contribution in [2.75, 3.05) is 0 Å². The first kappa shape index (κ1) is 15.6. The SMILES string of the molecule is CC(Sc1nnc2sc3ccccc3n12)C(=O)NCc1cccs1. The zero-order chi connectivity index (χ0) is 16.5. The summed E-state index contributed by atoms with van der Waals surface area (Å²) in [6.45, 7) is 2.46. The van der Waals surface area contributed by atoms with Crippen molar-refractivity contribution in [1.29, 1.82) is 0 Å². The highest BCUT2D eigenvalue weighted by atomic mass is 32.2. The molecular weight excluding hydrogens is 360 g/mol. The smallest absolute Gasteiger partial charge is 0.233 e. The molecule has 0 bridgehead atoms. The second kappa shape index (κ2) is 6.54. The van der Waals surface area contributed by atoms with Gasteiger partial charge in [0, 0.05) is 4.88 Å². The zero-order valence-electron chi connectivity index (χ0n) is 12.8. The zero-order valence-corrected chi connectivity index (χ0v) is 15.3. The number of aromatic nitrogens is 3. The second-order valence-corrected chi connectivity index (χ2v) is 8.58. The van der Waals surface area contributed by atoms with Gasteiger partial charge in [-0.25, -0.2) is 0 Å². The van der Waals surface area contributed by atoms with E-state index in [-0.39, 0.29) is 11.2 Å². The number of benzene rings is 1. The summed E-state index contributed by atoms with van der Waals surface area (Å²) in [6, 6.07) is 12.1. The van der Waals surface area contributed by atoms with Crippen LogP contribution in [0.3, 0.4) is 0 Å². The summed E-state index contributed by atoms with van der Waals surface area (Å²) in [7, 11) is 0. The molecule has 8 heteroatoms. The van der Waals surface area contributed by atoms with E-state index in [1.807, 2.05) is 47.0 Å². The molecule has 1 amide bonds. The maximum atomic E-state index is 12.3. The minimum Gasteiger partial charge on any atom is -0.350 e. The molecule has 122 valence electrons. The average molecular weight is 375 g/mol. The van der Waals surface area contributed by atoms with Gasteiger partial charge in [0.2, 0.25) is 10.9 Å². The van der Waals surface area contributed by atoms with Crippen molar-refractivity contribution in [2.45, 2.75) is 23.9 Å². The van der Waals surface area contributed by atoms with Crippen LogP contribution in [0.4, 0.5) is 0 Å². The van der Waals surface area contributed by atoms with Crippen molar-refractivity contribution in [2.24, 2.45) is 0 Å². The Bertz CT molecular complexity index is 989. The van der Waals surface area contributed by atoms with Gasteiger partial charge in [0.1, 0.15) is 0 Å². The Morgan fingerprint density at radius 2 is 2.17 bits per heavy atom. The number of nitrogens with one attached hydrogen (secondary N) is 1. The van der Waals surface area contributed by atoms with Crippen molar-refractivity contribution >= 4 is 55.5 Å². The topological polar surface area (TPSA) is 59.3 Å². The van der Waals surface area contributed by atoms with Crippen LogP contribution in [-0.4, -0.2) is 25.8 Å². The Labute approximate surface area is 150 Å². The number of thioether (sulfide) groups is 1. The predicted molar refractivity (Wildman–Crippen MR) is 99.9 cm³/mol. The Morgan fingerprint density at radius 3 is 3.00 bits per heavy atom. The van der Waals surface area contributed by atoms with Gasteiger partial charge < -0.3 is 5.32 Å². The number of para-hydroxylation sites is 1. The lowest BCUT2D eigenvalue weighted by molar-refractivity contribution is -0.120. The molecule has 3 heterocycles. The van der Waals surface area contributed by atoms with Gasteiger partial charge in [0.05, 0.1) is 22.0 Å². The molecule has 5 nitrogen and oxygen atoms in total. The standard InChI is InChI=1S/C16H14N4OS3/c1-10(14(21)17-9-11-5-4-8-22-11)23-15-18-19-16-20(15)12-6-2-3-7-13(12)24-16/h2-8,10H,9H2,1H3,(H,17,21). The molecule has 4 rings (SSSR count). The summed E-state index contributed by atoms with van der Waals surface area (Å²) >= 11 is 4.68. The fourth-order valence-corrected chi connectivity index (χ4v) is 4.93. The second-order valence-electron chi connectivity index (χ2n) is 5.23. The summed E-state index contributed by atoms with van der Waals surface area (Å²) in [5.74, 6) is 0.00434. The number of hydrogen-bond donors (Lipinski definition) is 1. The van der Waals surface area contributed by atoms with Crippen LogP contribution < -0.4 is 5.32 Å². The monoisotopic (exact) mass is 374 g/mol. The molecule has 1 N–H and O–H groups in total. The Kier molecular flexibility index (Phi) is 4.26. The molecule has 1 unspecified atom stereocenters. The lowest BCUT2D eigenvalue weighted by Gasteiger charge is -2.10. The molecule has 24 heavy (non-hydrogen) atoms. The molecule has 1 aromatic carbocycles. The number of rotatable bonds is 5. The van der Waals surface area contributed by atoms with Crippen molar-refractivity contribution < 1.29 is 4.79 Å². The molecule has 3 aromatic heterocycles. The molecular formula is C16H14N4OS3. The third kappa shape index (κ3) is 2.92. The third-order valence-electron chi connectivity index (χ3n) is 3.58. The van der Waals surface area contributed by atoms with E-state index in [1.54, 1.807) is 22.7 Å². The lowest BCUT2D eigenvalue weighted by Crippen LogP contribution is -2.30. The first-order valence-corrected chi connectivity index (χ1v) is 9.99. The van der Waals surface area contributed by atoms with E-state index in [2.05, 4.69) is 21.6 Å². The molecule has 0 aliphatic carbocycles. The first-order chi connectivity index (χ1) is 11.7. The third-order valence-corrected chi connectivity index (χ3v) is 6.51. The summed E-state index contributed by atoms with van der Waals surface area (Å²) in [5.41, 5.74) is 1.08. The normalized spacial score (nSPS) is 12.7. The molecule has 4 aromatic rings. The summed E-state index contributed by atoms with van der Waals surface area (Å²) < 4.78 is 3.19. The molecule has 0 saturated carbocycles. The Balaban J connectivity index is 1.52. The van der Waals surface area contributed by atoms with E-state index in [0.717, 1.165) is 20.5 Å². The number of fused-ring (bicyclic) bond motifs is 3. The summed E-state index contributed by atoms with van der Waals surface area (Å²) in [6.07, 6.45) is 0. The average Bonchev–Trinajstić information content (AvgIpc) is 3.30. The predicted octanol–water partition coefficient (Wildman–Crippen LogP) is 3.80. The van der Waals surface area contributed by atoms with Crippen LogP contribution in [-0.2, 0) is 11.3 Å². The van der Waals surface area contributed by atoms with Crippen LogP contribution in [0.15, 0.2) is 46.9 Å². The summed E-state index contributed by atoms with van der Waals surface area (Å²) in [4.78, 5) is 14.3. The highest BCUT2D eigenvalue weighted by molar-refractivity contribution is 8.00. The van der Waals surface area contributed by atoms with Gasteiger partial charge in [-0.2, -0.15) is 0 Å². The molecule has 0 radical (unpaired) electrons. The van der Waals surface area contributed by atoms with Crippen LogP contribution >= 0.6 is 34.4 Å². The quantitative estimate of drug-likeness (QED) is 0.540. The van der Waals surface area contributed by atoms with E-state index in [4.69, 9.17) is 0 Å². The molecule has 0 aliphatic rings. The highest BCUT2D eigenvalue weighted by Crippen LogP contribution is 2.31. The number of carbonyl (C=O) groups excluding carboxylic acids is 1. The largest absolute Gasteiger partial charge is 0.350 e. The van der Waals surface area contributed by atoms with Crippen LogP contribution in [0.2, 0.25) is 0 Å². The van der Waals surface area contributed by atoms with E-state index in [9.17, 15) is 4.79 Å². The Morgan fingerprint density at radius 1 is 1.29 bits per heavy atom. The van der Waals surface area contributed by atoms with Crippen molar-refractivity contribution in [3.05, 3.63) is 46.7 Å². The van der Waals surface area contributed by atoms with Crippen LogP contribution in [0.1, 0.15) is 11.8 Å². The van der Waals surface area contributed by atoms with E-state index in [1.165, 1.54) is 16.5 Å². The lowest BCUT2D eigenvalue weighted by atomic mass is 10.3.